The van der Waals surface area contributed by atoms with Gasteiger partial charge in [0, 0.05) is 12.5 Å². The third-order valence-corrected chi connectivity index (χ3v) is 4.55. The molecular formula is C15H16N2O2S. The minimum absolute atomic E-state index is 0.00274. The Morgan fingerprint density at radius 1 is 1.25 bits per heavy atom. The molecule has 1 aliphatic rings. The van der Waals surface area contributed by atoms with Crippen LogP contribution in [0.1, 0.15) is 35.6 Å². The molecule has 3 rings (SSSR count). The Morgan fingerprint density at radius 2 is 2.05 bits per heavy atom. The second kappa shape index (κ2) is 4.66. The van der Waals surface area contributed by atoms with E-state index in [-0.39, 0.29) is 11.2 Å². The van der Waals surface area contributed by atoms with Gasteiger partial charge in [0.25, 0.3) is 0 Å². The number of methoxy groups -OCH3 is 1. The smallest absolute Gasteiger partial charge is 0.213 e. The summed E-state index contributed by atoms with van der Waals surface area (Å²) in [6.45, 7) is 4.22. The summed E-state index contributed by atoms with van der Waals surface area (Å²) >= 11 is 1.44. The maximum absolute atomic E-state index is 12.2. The van der Waals surface area contributed by atoms with Crippen LogP contribution in [0.5, 0.6) is 5.88 Å². The van der Waals surface area contributed by atoms with Crippen molar-refractivity contribution in [3.8, 4) is 16.6 Å². The highest BCUT2D eigenvalue weighted by molar-refractivity contribution is 7.17. The van der Waals surface area contributed by atoms with Gasteiger partial charge in [-0.25, -0.2) is 9.97 Å². The average molecular weight is 288 g/mol. The minimum Gasteiger partial charge on any atom is -0.481 e. The first kappa shape index (κ1) is 13.2. The van der Waals surface area contributed by atoms with Crippen LogP contribution in [0.3, 0.4) is 0 Å². The molecule has 20 heavy (non-hydrogen) atoms. The number of hydrogen-bond donors (Lipinski definition) is 0. The fourth-order valence-corrected chi connectivity index (χ4v) is 3.47. The van der Waals surface area contributed by atoms with E-state index in [9.17, 15) is 4.79 Å². The molecule has 2 aromatic rings. The van der Waals surface area contributed by atoms with Crippen molar-refractivity contribution in [2.24, 2.45) is 5.41 Å². The number of thiazole rings is 1. The summed E-state index contributed by atoms with van der Waals surface area (Å²) in [5.74, 6) is 0.755. The predicted molar refractivity (Wildman–Crippen MR) is 78.3 cm³/mol. The zero-order chi connectivity index (χ0) is 14.3. The van der Waals surface area contributed by atoms with Gasteiger partial charge < -0.3 is 4.74 Å². The summed E-state index contributed by atoms with van der Waals surface area (Å²) in [4.78, 5) is 22.0. The van der Waals surface area contributed by atoms with E-state index in [4.69, 9.17) is 4.74 Å². The number of aromatic nitrogens is 2. The number of rotatable bonds is 2. The second-order valence-electron chi connectivity index (χ2n) is 5.80. The van der Waals surface area contributed by atoms with Gasteiger partial charge in [0.05, 0.1) is 17.7 Å². The molecule has 0 saturated heterocycles. The number of ketones is 1. The molecule has 2 heterocycles. The second-order valence-corrected chi connectivity index (χ2v) is 6.80. The first-order valence-electron chi connectivity index (χ1n) is 6.53. The Morgan fingerprint density at radius 3 is 2.80 bits per heavy atom. The van der Waals surface area contributed by atoms with Crippen LogP contribution in [-0.4, -0.2) is 22.9 Å². The van der Waals surface area contributed by atoms with Gasteiger partial charge in [-0.1, -0.05) is 19.9 Å². The first-order chi connectivity index (χ1) is 9.48. The molecular weight excluding hydrogens is 272 g/mol. The lowest BCUT2D eigenvalue weighted by Gasteiger charge is -2.26. The molecule has 1 aliphatic carbocycles. The Labute approximate surface area is 121 Å². The standard InChI is InChI=1S/C15H16N2O2S/c1-15(2)7-10-13(11(18)8-15)20-14(17-10)9-5-4-6-12(16-9)19-3/h4-6H,7-8H2,1-3H3. The number of Topliss-reactive ketones (excluding diaryl/α,β-unsaturated/α-hetero) is 1. The van der Waals surface area contributed by atoms with Gasteiger partial charge in [-0.05, 0) is 17.9 Å². The largest absolute Gasteiger partial charge is 0.481 e. The molecule has 0 N–H and O–H groups in total. The fourth-order valence-electron chi connectivity index (χ4n) is 2.48. The van der Waals surface area contributed by atoms with Crippen molar-refractivity contribution in [2.75, 3.05) is 7.11 Å². The maximum atomic E-state index is 12.2. The van der Waals surface area contributed by atoms with Crippen molar-refractivity contribution < 1.29 is 9.53 Å². The Bertz CT molecular complexity index is 676. The predicted octanol–water partition coefficient (Wildman–Crippen LogP) is 3.37. The van der Waals surface area contributed by atoms with Gasteiger partial charge in [-0.2, -0.15) is 0 Å². The van der Waals surface area contributed by atoms with Crippen LogP contribution in [0.4, 0.5) is 0 Å². The van der Waals surface area contributed by atoms with Crippen molar-refractivity contribution in [3.63, 3.8) is 0 Å². The van der Waals surface area contributed by atoms with Crippen LogP contribution in [0.15, 0.2) is 18.2 Å². The van der Waals surface area contributed by atoms with Gasteiger partial charge in [0.15, 0.2) is 5.78 Å². The van der Waals surface area contributed by atoms with Crippen LogP contribution >= 0.6 is 11.3 Å². The van der Waals surface area contributed by atoms with E-state index >= 15 is 0 Å². The van der Waals surface area contributed by atoms with Crippen molar-refractivity contribution in [2.45, 2.75) is 26.7 Å². The van der Waals surface area contributed by atoms with Gasteiger partial charge in [-0.15, -0.1) is 11.3 Å². The Balaban J connectivity index is 2.03. The molecule has 0 bridgehead atoms. The van der Waals surface area contributed by atoms with Gasteiger partial charge >= 0.3 is 0 Å². The van der Waals surface area contributed by atoms with Gasteiger partial charge in [0.1, 0.15) is 10.7 Å². The molecule has 0 aliphatic heterocycles. The number of fused-ring (bicyclic) bond motifs is 1. The summed E-state index contributed by atoms with van der Waals surface area (Å²) in [7, 11) is 1.59. The molecule has 2 aromatic heterocycles. The normalized spacial score (nSPS) is 16.9. The van der Waals surface area contributed by atoms with Crippen LogP contribution in [-0.2, 0) is 6.42 Å². The number of ether oxygens (including phenoxy) is 1. The monoisotopic (exact) mass is 288 g/mol. The zero-order valence-electron chi connectivity index (χ0n) is 11.8. The molecule has 0 unspecified atom stereocenters. The van der Waals surface area contributed by atoms with E-state index in [0.717, 1.165) is 27.7 Å². The van der Waals surface area contributed by atoms with Crippen LogP contribution in [0.25, 0.3) is 10.7 Å². The summed E-state index contributed by atoms with van der Waals surface area (Å²) in [5, 5.41) is 0.792. The van der Waals surface area contributed by atoms with Crippen LogP contribution in [0.2, 0.25) is 0 Å². The van der Waals surface area contributed by atoms with Crippen molar-refractivity contribution in [3.05, 3.63) is 28.8 Å². The van der Waals surface area contributed by atoms with E-state index in [2.05, 4.69) is 23.8 Å². The quantitative estimate of drug-likeness (QED) is 0.850. The third-order valence-electron chi connectivity index (χ3n) is 3.39. The number of pyridine rings is 1. The van der Waals surface area contributed by atoms with Crippen LogP contribution < -0.4 is 4.74 Å². The molecule has 0 radical (unpaired) electrons. The number of carbonyl (C=O) groups excluding carboxylic acids is 1. The molecule has 0 saturated carbocycles. The summed E-state index contributed by atoms with van der Waals surface area (Å²) < 4.78 is 5.13. The highest BCUT2D eigenvalue weighted by atomic mass is 32.1. The zero-order valence-corrected chi connectivity index (χ0v) is 12.6. The number of carbonyl (C=O) groups is 1. The highest BCUT2D eigenvalue weighted by Gasteiger charge is 2.34. The Hall–Kier alpha value is -1.75. The van der Waals surface area contributed by atoms with Crippen molar-refractivity contribution >= 4 is 17.1 Å². The van der Waals surface area contributed by atoms with E-state index < -0.39 is 0 Å². The number of nitrogens with zero attached hydrogens (tertiary/aromatic N) is 2. The van der Waals surface area contributed by atoms with Crippen molar-refractivity contribution in [1.29, 1.82) is 0 Å². The lowest BCUT2D eigenvalue weighted by atomic mass is 9.78. The number of hydrogen-bond acceptors (Lipinski definition) is 5. The molecule has 5 heteroatoms. The first-order valence-corrected chi connectivity index (χ1v) is 7.34. The SMILES string of the molecule is COc1cccc(-c2nc3c(s2)C(=O)CC(C)(C)C3)n1. The van der Waals surface area contributed by atoms with Gasteiger partial charge in [-0.3, -0.25) is 4.79 Å². The van der Waals surface area contributed by atoms with E-state index in [1.807, 2.05) is 12.1 Å². The maximum Gasteiger partial charge on any atom is 0.213 e. The summed E-state index contributed by atoms with van der Waals surface area (Å²) in [6.07, 6.45) is 1.43. The molecule has 104 valence electrons. The highest BCUT2D eigenvalue weighted by Crippen LogP contribution is 2.39. The molecule has 0 spiro atoms. The average Bonchev–Trinajstić information content (AvgIpc) is 2.81. The molecule has 4 nitrogen and oxygen atoms in total. The van der Waals surface area contributed by atoms with Crippen molar-refractivity contribution in [1.82, 2.24) is 9.97 Å². The topological polar surface area (TPSA) is 52.1 Å². The molecule has 0 amide bonds. The molecule has 0 aromatic carbocycles. The van der Waals surface area contributed by atoms with Gasteiger partial charge in [0.2, 0.25) is 5.88 Å². The summed E-state index contributed by atoms with van der Waals surface area (Å²) in [6, 6.07) is 5.57. The van der Waals surface area contributed by atoms with E-state index in [0.29, 0.717) is 12.3 Å². The molecule has 0 atom stereocenters. The lowest BCUT2D eigenvalue weighted by Crippen LogP contribution is -2.25. The molecule has 0 fully saturated rings. The Kier molecular flexibility index (Phi) is 3.09. The minimum atomic E-state index is -0.00274. The van der Waals surface area contributed by atoms with E-state index in [1.165, 1.54) is 11.3 Å². The fraction of sp³-hybridized carbons (Fsp3) is 0.400. The third kappa shape index (κ3) is 2.33. The van der Waals surface area contributed by atoms with Crippen LogP contribution in [0, 0.1) is 5.41 Å². The summed E-state index contributed by atoms with van der Waals surface area (Å²) in [5.41, 5.74) is 1.67. The van der Waals surface area contributed by atoms with E-state index in [1.54, 1.807) is 13.2 Å². The lowest BCUT2D eigenvalue weighted by molar-refractivity contribution is 0.0916.